The highest BCUT2D eigenvalue weighted by Gasteiger charge is 2.14. The maximum absolute atomic E-state index is 5.74. The Morgan fingerprint density at radius 3 is 1.09 bits per heavy atom. The lowest BCUT2D eigenvalue weighted by molar-refractivity contribution is 1.18. The summed E-state index contributed by atoms with van der Waals surface area (Å²) in [7, 11) is 0. The fourth-order valence-electron chi connectivity index (χ4n) is 5.47. The first-order chi connectivity index (χ1) is 28.0. The minimum atomic E-state index is 0.374. The van der Waals surface area contributed by atoms with Crippen molar-refractivity contribution in [3.63, 3.8) is 0 Å². The Kier molecular flexibility index (Phi) is 11.7. The number of nitrogens with two attached hydrogens (primary N) is 3. The van der Waals surface area contributed by atoms with Gasteiger partial charge >= 0.3 is 0 Å². The average molecular weight is 748 g/mol. The lowest BCUT2D eigenvalue weighted by atomic mass is 10.1. The van der Waals surface area contributed by atoms with Crippen molar-refractivity contribution in [1.82, 2.24) is 59.8 Å². The van der Waals surface area contributed by atoms with Crippen LogP contribution in [-0.2, 0) is 0 Å². The van der Waals surface area contributed by atoms with Gasteiger partial charge in [-0.3, -0.25) is 44.9 Å². The third-order valence-electron chi connectivity index (χ3n) is 8.03. The fraction of sp³-hybridized carbons (Fsp3) is 0. The molecule has 0 aliphatic rings. The van der Waals surface area contributed by atoms with Crippen LogP contribution in [0.4, 0.5) is 17.5 Å². The van der Waals surface area contributed by atoms with E-state index in [-0.39, 0.29) is 0 Å². The van der Waals surface area contributed by atoms with Crippen LogP contribution in [-0.4, -0.2) is 59.8 Å². The van der Waals surface area contributed by atoms with E-state index in [0.29, 0.717) is 23.1 Å². The SMILES string of the molecule is Nc1cnc(-c2ccncc2)c(-c2ccccn2)n1.Nc1cnc(-c2ccncc2)c(-c2cccnc2)n1.Nc1cnc(-c2ccncc2)c(-c2ccncc2)n1. The summed E-state index contributed by atoms with van der Waals surface area (Å²) in [5, 5.41) is 0. The minimum Gasteiger partial charge on any atom is -0.382 e. The van der Waals surface area contributed by atoms with Gasteiger partial charge in [-0.15, -0.1) is 0 Å². The van der Waals surface area contributed by atoms with Crippen molar-refractivity contribution in [2.45, 2.75) is 0 Å². The second-order valence-corrected chi connectivity index (χ2v) is 11.9. The fourth-order valence-corrected chi connectivity index (χ4v) is 5.47. The van der Waals surface area contributed by atoms with Gasteiger partial charge in [0, 0.05) is 96.0 Å². The molecule has 6 N–H and O–H groups in total. The van der Waals surface area contributed by atoms with Crippen molar-refractivity contribution in [3.05, 3.63) is 166 Å². The van der Waals surface area contributed by atoms with Crippen LogP contribution in [0.15, 0.2) is 166 Å². The van der Waals surface area contributed by atoms with Crippen LogP contribution >= 0.6 is 0 Å². The number of hydrogen-bond acceptors (Lipinski definition) is 15. The normalized spacial score (nSPS) is 10.3. The Hall–Kier alpha value is -8.46. The molecule has 0 radical (unpaired) electrons. The molecule has 0 spiro atoms. The zero-order valence-electron chi connectivity index (χ0n) is 30.2. The number of hydrogen-bond donors (Lipinski definition) is 3. The molecule has 9 aromatic rings. The van der Waals surface area contributed by atoms with Crippen LogP contribution in [0.25, 0.3) is 67.7 Å². The summed E-state index contributed by atoms with van der Waals surface area (Å²) < 4.78 is 0. The van der Waals surface area contributed by atoms with E-state index in [1.165, 1.54) is 0 Å². The second kappa shape index (κ2) is 18.0. The molecule has 0 aromatic carbocycles. The number of nitrogens with zero attached hydrogens (tertiary/aromatic N) is 12. The zero-order chi connectivity index (χ0) is 39.2. The van der Waals surface area contributed by atoms with Crippen molar-refractivity contribution in [2.24, 2.45) is 0 Å². The van der Waals surface area contributed by atoms with Gasteiger partial charge in [0.15, 0.2) is 0 Å². The summed E-state index contributed by atoms with van der Waals surface area (Å²) in [6.07, 6.45) is 23.6. The molecule has 9 heterocycles. The summed E-state index contributed by atoms with van der Waals surface area (Å²) in [5.41, 5.74) is 27.0. The van der Waals surface area contributed by atoms with Gasteiger partial charge in [0.25, 0.3) is 0 Å². The number of nitrogen functional groups attached to an aromatic ring is 3. The predicted molar refractivity (Wildman–Crippen MR) is 219 cm³/mol. The van der Waals surface area contributed by atoms with Crippen molar-refractivity contribution in [3.8, 4) is 67.7 Å². The van der Waals surface area contributed by atoms with E-state index in [2.05, 4.69) is 59.8 Å². The molecular weight excluding hydrogens is 715 g/mol. The van der Waals surface area contributed by atoms with Gasteiger partial charge in [0.2, 0.25) is 0 Å². The summed E-state index contributed by atoms with van der Waals surface area (Å²) in [6, 6.07) is 24.5. The number of anilines is 3. The molecule has 15 nitrogen and oxygen atoms in total. The van der Waals surface area contributed by atoms with E-state index in [4.69, 9.17) is 17.2 Å². The molecule has 0 atom stereocenters. The Morgan fingerprint density at radius 1 is 0.281 bits per heavy atom. The second-order valence-electron chi connectivity index (χ2n) is 11.9. The van der Waals surface area contributed by atoms with Gasteiger partial charge in [-0.2, -0.15) is 0 Å². The predicted octanol–water partition coefficient (Wildman–Crippen LogP) is 6.55. The maximum Gasteiger partial charge on any atom is 0.142 e. The molecule has 57 heavy (non-hydrogen) atoms. The summed E-state index contributed by atoms with van der Waals surface area (Å²) >= 11 is 0. The lowest BCUT2D eigenvalue weighted by Crippen LogP contribution is -1.99. The standard InChI is InChI=1S/3C14H11N5/c15-12-9-18-13(10-1-5-16-6-2-10)14(19-12)11-3-7-17-8-4-11;15-12-9-18-13(10-3-6-16-7-4-10)14(19-12)11-2-1-5-17-8-11;15-12-9-18-13(10-4-7-16-8-5-10)14(19-12)11-3-1-2-6-17-11/h3*1-9H,(H2,15,19). The van der Waals surface area contributed by atoms with Gasteiger partial charge in [-0.1, -0.05) is 6.07 Å². The van der Waals surface area contributed by atoms with E-state index >= 15 is 0 Å². The van der Waals surface area contributed by atoms with Gasteiger partial charge < -0.3 is 17.2 Å². The third-order valence-corrected chi connectivity index (χ3v) is 8.03. The van der Waals surface area contributed by atoms with Crippen LogP contribution in [0.3, 0.4) is 0 Å². The van der Waals surface area contributed by atoms with Crippen LogP contribution in [0, 0.1) is 0 Å². The molecule has 0 saturated heterocycles. The zero-order valence-corrected chi connectivity index (χ0v) is 30.2. The van der Waals surface area contributed by atoms with Crippen molar-refractivity contribution >= 4 is 17.5 Å². The molecule has 15 heteroatoms. The van der Waals surface area contributed by atoms with Gasteiger partial charge in [-0.25, -0.2) is 15.0 Å². The van der Waals surface area contributed by atoms with E-state index in [1.54, 1.807) is 86.8 Å². The maximum atomic E-state index is 5.74. The number of rotatable bonds is 6. The van der Waals surface area contributed by atoms with Gasteiger partial charge in [0.1, 0.15) is 28.8 Å². The Morgan fingerprint density at radius 2 is 0.684 bits per heavy atom. The van der Waals surface area contributed by atoms with Crippen LogP contribution in [0.5, 0.6) is 0 Å². The quantitative estimate of drug-likeness (QED) is 0.164. The van der Waals surface area contributed by atoms with Crippen molar-refractivity contribution < 1.29 is 0 Å². The molecule has 0 unspecified atom stereocenters. The molecule has 0 saturated carbocycles. The molecule has 0 aliphatic carbocycles. The Bertz CT molecular complexity index is 2340. The van der Waals surface area contributed by atoms with Crippen LogP contribution in [0.1, 0.15) is 0 Å². The first kappa shape index (κ1) is 36.9. The third kappa shape index (κ3) is 9.38. The Labute approximate surface area is 327 Å². The molecule has 0 bridgehead atoms. The van der Waals surface area contributed by atoms with E-state index in [1.807, 2.05) is 78.9 Å². The highest BCUT2D eigenvalue weighted by Crippen LogP contribution is 2.30. The largest absolute Gasteiger partial charge is 0.382 e. The topological polar surface area (TPSA) is 233 Å². The van der Waals surface area contributed by atoms with Crippen LogP contribution in [0.2, 0.25) is 0 Å². The molecular formula is C42H33N15. The minimum absolute atomic E-state index is 0.374. The van der Waals surface area contributed by atoms with E-state index in [9.17, 15) is 0 Å². The lowest BCUT2D eigenvalue weighted by Gasteiger charge is -2.08. The van der Waals surface area contributed by atoms with Gasteiger partial charge in [-0.05, 0) is 72.8 Å². The molecule has 9 aromatic heterocycles. The summed E-state index contributed by atoms with van der Waals surface area (Å²) in [5.74, 6) is 1.15. The van der Waals surface area contributed by atoms with E-state index in [0.717, 1.165) is 62.0 Å². The van der Waals surface area contributed by atoms with Crippen molar-refractivity contribution in [2.75, 3.05) is 17.2 Å². The monoisotopic (exact) mass is 747 g/mol. The van der Waals surface area contributed by atoms with Crippen molar-refractivity contribution in [1.29, 1.82) is 0 Å². The average Bonchev–Trinajstić information content (AvgIpc) is 3.28. The first-order valence-electron chi connectivity index (χ1n) is 17.3. The first-order valence-corrected chi connectivity index (χ1v) is 17.3. The van der Waals surface area contributed by atoms with Gasteiger partial charge in [0.05, 0.1) is 47.1 Å². The summed E-state index contributed by atoms with van der Waals surface area (Å²) in [6.45, 7) is 0. The molecule has 0 fully saturated rings. The van der Waals surface area contributed by atoms with E-state index < -0.39 is 0 Å². The molecule has 0 amide bonds. The van der Waals surface area contributed by atoms with Crippen LogP contribution < -0.4 is 17.2 Å². The number of aromatic nitrogens is 12. The smallest absolute Gasteiger partial charge is 0.142 e. The highest BCUT2D eigenvalue weighted by molar-refractivity contribution is 5.79. The summed E-state index contributed by atoms with van der Waals surface area (Å²) in [4.78, 5) is 50.7. The molecule has 9 rings (SSSR count). The Balaban J connectivity index is 0.000000131. The number of pyridine rings is 6. The highest BCUT2D eigenvalue weighted by atomic mass is 14.9. The molecule has 276 valence electrons. The molecule has 0 aliphatic heterocycles.